The molecule has 2 aromatic carbocycles. The van der Waals surface area contributed by atoms with Crippen molar-refractivity contribution in [3.8, 4) is 0 Å². The Bertz CT molecular complexity index is 801. The average molecular weight is 344 g/mol. The van der Waals surface area contributed by atoms with Crippen LogP contribution in [0.5, 0.6) is 0 Å². The molecule has 1 aliphatic carbocycles. The summed E-state index contributed by atoms with van der Waals surface area (Å²) in [4.78, 5) is 24.4. The lowest BCUT2D eigenvalue weighted by Gasteiger charge is -2.16. The summed E-state index contributed by atoms with van der Waals surface area (Å²) in [6.07, 6.45) is 4.42. The highest BCUT2D eigenvalue weighted by Gasteiger charge is 2.17. The summed E-state index contributed by atoms with van der Waals surface area (Å²) >= 11 is 5.99. The Hall–Kier alpha value is -2.33. The van der Waals surface area contributed by atoms with Crippen LogP contribution in [0.1, 0.15) is 44.7 Å². The highest BCUT2D eigenvalue weighted by atomic mass is 35.5. The zero-order chi connectivity index (χ0) is 17.1. The maximum atomic E-state index is 12.6. The molecule has 0 atom stereocenters. The van der Waals surface area contributed by atoms with E-state index >= 15 is 0 Å². The van der Waals surface area contributed by atoms with Crippen LogP contribution in [0.2, 0.25) is 5.02 Å². The first-order valence-electron chi connectivity index (χ1n) is 7.89. The lowest BCUT2D eigenvalue weighted by Crippen LogP contribution is -2.16. The molecule has 2 aromatic rings. The van der Waals surface area contributed by atoms with Crippen molar-refractivity contribution in [2.24, 2.45) is 0 Å². The van der Waals surface area contributed by atoms with Gasteiger partial charge >= 0.3 is 5.97 Å². The van der Waals surface area contributed by atoms with Crippen molar-refractivity contribution in [2.45, 2.75) is 25.7 Å². The largest absolute Gasteiger partial charge is 0.465 e. The maximum absolute atomic E-state index is 12.6. The van der Waals surface area contributed by atoms with Crippen molar-refractivity contribution in [1.82, 2.24) is 0 Å². The molecule has 0 bridgehead atoms. The first-order chi connectivity index (χ1) is 11.6. The van der Waals surface area contributed by atoms with Crippen molar-refractivity contribution in [2.75, 3.05) is 12.4 Å². The SMILES string of the molecule is COC(=O)c1ccc(Cl)cc1NC(=O)c1ccc2c(c1)CCCC2. The van der Waals surface area contributed by atoms with Crippen LogP contribution in [0.4, 0.5) is 5.69 Å². The zero-order valence-electron chi connectivity index (χ0n) is 13.4. The third kappa shape index (κ3) is 3.44. The van der Waals surface area contributed by atoms with Crippen LogP contribution in [-0.2, 0) is 17.6 Å². The van der Waals surface area contributed by atoms with Crippen LogP contribution in [0.25, 0.3) is 0 Å². The minimum absolute atomic E-state index is 0.268. The summed E-state index contributed by atoms with van der Waals surface area (Å²) in [5, 5.41) is 3.20. The highest BCUT2D eigenvalue weighted by molar-refractivity contribution is 6.31. The topological polar surface area (TPSA) is 55.4 Å². The van der Waals surface area contributed by atoms with Crippen molar-refractivity contribution < 1.29 is 14.3 Å². The number of esters is 1. The maximum Gasteiger partial charge on any atom is 0.339 e. The molecule has 0 fully saturated rings. The standard InChI is InChI=1S/C19H18ClNO3/c1-24-19(23)16-9-8-15(20)11-17(16)21-18(22)14-7-6-12-4-2-3-5-13(12)10-14/h6-11H,2-5H2,1H3,(H,21,22). The number of amides is 1. The van der Waals surface area contributed by atoms with E-state index in [4.69, 9.17) is 16.3 Å². The van der Waals surface area contributed by atoms with E-state index in [1.165, 1.54) is 30.7 Å². The van der Waals surface area contributed by atoms with Gasteiger partial charge in [-0.1, -0.05) is 17.7 Å². The molecule has 124 valence electrons. The number of nitrogens with one attached hydrogen (secondary N) is 1. The number of ether oxygens (including phenoxy) is 1. The number of rotatable bonds is 3. The van der Waals surface area contributed by atoms with Crippen LogP contribution in [0, 0.1) is 0 Å². The summed E-state index contributed by atoms with van der Waals surface area (Å²) in [5.41, 5.74) is 3.74. The Labute approximate surface area is 145 Å². The summed E-state index contributed by atoms with van der Waals surface area (Å²) in [6.45, 7) is 0. The molecule has 0 unspecified atom stereocenters. The molecular weight excluding hydrogens is 326 g/mol. The van der Waals surface area contributed by atoms with E-state index in [9.17, 15) is 9.59 Å². The number of benzene rings is 2. The van der Waals surface area contributed by atoms with Gasteiger partial charge in [0.1, 0.15) is 0 Å². The lowest BCUT2D eigenvalue weighted by atomic mass is 9.90. The number of anilines is 1. The smallest absolute Gasteiger partial charge is 0.339 e. The van der Waals surface area contributed by atoms with Gasteiger partial charge < -0.3 is 10.1 Å². The van der Waals surface area contributed by atoms with Gasteiger partial charge in [-0.25, -0.2) is 4.79 Å². The predicted molar refractivity (Wildman–Crippen MR) is 93.8 cm³/mol. The van der Waals surface area contributed by atoms with E-state index in [0.717, 1.165) is 19.3 Å². The van der Waals surface area contributed by atoms with Crippen molar-refractivity contribution >= 4 is 29.2 Å². The molecule has 1 amide bonds. The zero-order valence-corrected chi connectivity index (χ0v) is 14.2. The summed E-state index contributed by atoms with van der Waals surface area (Å²) < 4.78 is 4.75. The third-order valence-electron chi connectivity index (χ3n) is 4.25. The number of hydrogen-bond acceptors (Lipinski definition) is 3. The van der Waals surface area contributed by atoms with Gasteiger partial charge in [-0.3, -0.25) is 4.79 Å². The highest BCUT2D eigenvalue weighted by Crippen LogP contribution is 2.25. The van der Waals surface area contributed by atoms with Gasteiger partial charge in [0.25, 0.3) is 5.91 Å². The van der Waals surface area contributed by atoms with E-state index in [0.29, 0.717) is 16.3 Å². The molecule has 0 spiro atoms. The molecule has 24 heavy (non-hydrogen) atoms. The number of fused-ring (bicyclic) bond motifs is 1. The fraction of sp³-hybridized carbons (Fsp3) is 0.263. The monoisotopic (exact) mass is 343 g/mol. The number of methoxy groups -OCH3 is 1. The van der Waals surface area contributed by atoms with E-state index in [1.807, 2.05) is 18.2 Å². The molecule has 0 saturated heterocycles. The Morgan fingerprint density at radius 3 is 2.54 bits per heavy atom. The molecule has 1 N–H and O–H groups in total. The Morgan fingerprint density at radius 2 is 1.79 bits per heavy atom. The number of halogens is 1. The summed E-state index contributed by atoms with van der Waals surface area (Å²) in [6, 6.07) is 10.4. The van der Waals surface area contributed by atoms with Gasteiger partial charge in [-0.2, -0.15) is 0 Å². The molecular formula is C19H18ClNO3. The Morgan fingerprint density at radius 1 is 1.04 bits per heavy atom. The molecule has 4 nitrogen and oxygen atoms in total. The Balaban J connectivity index is 1.87. The normalized spacial score (nSPS) is 13.1. The molecule has 1 aliphatic rings. The first kappa shape index (κ1) is 16.5. The molecule has 0 aliphatic heterocycles. The lowest BCUT2D eigenvalue weighted by molar-refractivity contribution is 0.0602. The fourth-order valence-corrected chi connectivity index (χ4v) is 3.15. The molecule has 3 rings (SSSR count). The second kappa shape index (κ2) is 7.05. The van der Waals surface area contributed by atoms with Crippen LogP contribution in [-0.4, -0.2) is 19.0 Å². The van der Waals surface area contributed by atoms with Crippen molar-refractivity contribution in [1.29, 1.82) is 0 Å². The van der Waals surface area contributed by atoms with Gasteiger partial charge in [-0.15, -0.1) is 0 Å². The fourth-order valence-electron chi connectivity index (χ4n) is 2.98. The van der Waals surface area contributed by atoms with Gasteiger partial charge in [0.15, 0.2) is 0 Å². The van der Waals surface area contributed by atoms with Crippen molar-refractivity contribution in [3.63, 3.8) is 0 Å². The number of carbonyl (C=O) groups excluding carboxylic acids is 2. The van der Waals surface area contributed by atoms with Crippen LogP contribution in [0.3, 0.4) is 0 Å². The number of hydrogen-bond donors (Lipinski definition) is 1. The first-order valence-corrected chi connectivity index (χ1v) is 8.27. The number of carbonyl (C=O) groups is 2. The van der Waals surface area contributed by atoms with Crippen LogP contribution in [0.15, 0.2) is 36.4 Å². The molecule has 0 radical (unpaired) electrons. The van der Waals surface area contributed by atoms with Gasteiger partial charge in [-0.05, 0) is 67.1 Å². The van der Waals surface area contributed by atoms with E-state index < -0.39 is 5.97 Å². The predicted octanol–water partition coefficient (Wildman–Crippen LogP) is 4.26. The molecule has 0 heterocycles. The van der Waals surface area contributed by atoms with Crippen molar-refractivity contribution in [3.05, 3.63) is 63.7 Å². The van der Waals surface area contributed by atoms with E-state index in [1.54, 1.807) is 12.1 Å². The molecule has 0 saturated carbocycles. The average Bonchev–Trinajstić information content (AvgIpc) is 2.60. The minimum Gasteiger partial charge on any atom is -0.465 e. The molecule has 5 heteroatoms. The molecule has 0 aromatic heterocycles. The van der Waals surface area contributed by atoms with Gasteiger partial charge in [0.2, 0.25) is 0 Å². The second-order valence-electron chi connectivity index (χ2n) is 5.83. The van der Waals surface area contributed by atoms with E-state index in [-0.39, 0.29) is 11.5 Å². The minimum atomic E-state index is -0.521. The number of aryl methyl sites for hydroxylation is 2. The van der Waals surface area contributed by atoms with Gasteiger partial charge in [0.05, 0.1) is 18.4 Å². The Kier molecular flexibility index (Phi) is 4.86. The summed E-state index contributed by atoms with van der Waals surface area (Å²) in [5.74, 6) is -0.789. The second-order valence-corrected chi connectivity index (χ2v) is 6.26. The summed E-state index contributed by atoms with van der Waals surface area (Å²) in [7, 11) is 1.30. The third-order valence-corrected chi connectivity index (χ3v) is 4.48. The van der Waals surface area contributed by atoms with E-state index in [2.05, 4.69) is 5.32 Å². The van der Waals surface area contributed by atoms with Crippen LogP contribution < -0.4 is 5.32 Å². The van der Waals surface area contributed by atoms with Crippen LogP contribution >= 0.6 is 11.6 Å². The van der Waals surface area contributed by atoms with Gasteiger partial charge in [0, 0.05) is 10.6 Å². The quantitative estimate of drug-likeness (QED) is 0.847.